The molecule has 0 bridgehead atoms. The van der Waals surface area contributed by atoms with E-state index in [9.17, 15) is 4.79 Å². The van der Waals surface area contributed by atoms with E-state index in [4.69, 9.17) is 4.74 Å². The topological polar surface area (TPSA) is 26.3 Å². The summed E-state index contributed by atoms with van der Waals surface area (Å²) in [5.74, 6) is -0.0602. The highest BCUT2D eigenvalue weighted by Crippen LogP contribution is 2.24. The highest BCUT2D eigenvalue weighted by atomic mass is 16.5. The zero-order valence-corrected chi connectivity index (χ0v) is 6.69. The van der Waals surface area contributed by atoms with E-state index >= 15 is 0 Å². The molecule has 0 N–H and O–H groups in total. The fourth-order valence-electron chi connectivity index (χ4n) is 1.53. The molecule has 1 aliphatic rings. The Bertz CT molecular complexity index is 294. The van der Waals surface area contributed by atoms with Crippen LogP contribution in [0.25, 0.3) is 0 Å². The third-order valence-corrected chi connectivity index (χ3v) is 2.17. The standard InChI is InChI=1S/C10H10O2/c11-5-9-7-12-6-8-3-1-2-4-10(8)9/h1-5,9H,6-7H2. The molecule has 2 nitrogen and oxygen atoms in total. The summed E-state index contributed by atoms with van der Waals surface area (Å²) in [6.45, 7) is 1.17. The molecule has 2 rings (SSSR count). The lowest BCUT2D eigenvalue weighted by molar-refractivity contribution is -0.110. The van der Waals surface area contributed by atoms with Crippen molar-refractivity contribution in [2.75, 3.05) is 6.61 Å². The first kappa shape index (κ1) is 7.50. The highest BCUT2D eigenvalue weighted by molar-refractivity contribution is 5.63. The summed E-state index contributed by atoms with van der Waals surface area (Å²) in [6.07, 6.45) is 0.956. The van der Waals surface area contributed by atoms with Gasteiger partial charge in [-0.05, 0) is 11.1 Å². The Morgan fingerprint density at radius 2 is 2.25 bits per heavy atom. The predicted molar refractivity (Wildman–Crippen MR) is 44.9 cm³/mol. The van der Waals surface area contributed by atoms with Crippen LogP contribution in [0.1, 0.15) is 17.0 Å². The fourth-order valence-corrected chi connectivity index (χ4v) is 1.53. The van der Waals surface area contributed by atoms with Gasteiger partial charge in [-0.25, -0.2) is 0 Å². The Kier molecular flexibility index (Phi) is 1.92. The number of fused-ring (bicyclic) bond motifs is 1. The molecule has 2 heteroatoms. The average molecular weight is 162 g/mol. The van der Waals surface area contributed by atoms with Gasteiger partial charge in [-0.2, -0.15) is 0 Å². The van der Waals surface area contributed by atoms with Crippen LogP contribution in [0.3, 0.4) is 0 Å². The highest BCUT2D eigenvalue weighted by Gasteiger charge is 2.18. The van der Waals surface area contributed by atoms with E-state index in [2.05, 4.69) is 0 Å². The molecular formula is C10H10O2. The van der Waals surface area contributed by atoms with Crippen molar-refractivity contribution in [3.8, 4) is 0 Å². The van der Waals surface area contributed by atoms with Crippen molar-refractivity contribution in [1.82, 2.24) is 0 Å². The third kappa shape index (κ3) is 1.14. The van der Waals surface area contributed by atoms with E-state index in [0.29, 0.717) is 13.2 Å². The van der Waals surface area contributed by atoms with Crippen molar-refractivity contribution in [2.45, 2.75) is 12.5 Å². The van der Waals surface area contributed by atoms with Crippen molar-refractivity contribution in [3.05, 3.63) is 35.4 Å². The Morgan fingerprint density at radius 3 is 3.08 bits per heavy atom. The van der Waals surface area contributed by atoms with Gasteiger partial charge in [0.25, 0.3) is 0 Å². The molecule has 0 aromatic heterocycles. The van der Waals surface area contributed by atoms with Crippen LogP contribution in [-0.4, -0.2) is 12.9 Å². The van der Waals surface area contributed by atoms with Gasteiger partial charge >= 0.3 is 0 Å². The van der Waals surface area contributed by atoms with E-state index < -0.39 is 0 Å². The van der Waals surface area contributed by atoms with Crippen LogP contribution in [0.2, 0.25) is 0 Å². The molecule has 0 amide bonds. The van der Waals surface area contributed by atoms with Gasteiger partial charge in [-0.15, -0.1) is 0 Å². The van der Waals surface area contributed by atoms with Crippen molar-refractivity contribution < 1.29 is 9.53 Å². The summed E-state index contributed by atoms with van der Waals surface area (Å²) in [7, 11) is 0. The Hall–Kier alpha value is -1.15. The maximum absolute atomic E-state index is 10.6. The minimum Gasteiger partial charge on any atom is -0.376 e. The molecule has 1 heterocycles. The number of rotatable bonds is 1. The number of ether oxygens (including phenoxy) is 1. The van der Waals surface area contributed by atoms with Crippen molar-refractivity contribution >= 4 is 6.29 Å². The van der Waals surface area contributed by atoms with Gasteiger partial charge < -0.3 is 9.53 Å². The number of hydrogen-bond acceptors (Lipinski definition) is 2. The summed E-state index contributed by atoms with van der Waals surface area (Å²) < 4.78 is 5.27. The van der Waals surface area contributed by atoms with Crippen LogP contribution >= 0.6 is 0 Å². The van der Waals surface area contributed by atoms with Crippen LogP contribution in [0.15, 0.2) is 24.3 Å². The normalized spacial score (nSPS) is 21.5. The smallest absolute Gasteiger partial charge is 0.129 e. The lowest BCUT2D eigenvalue weighted by Crippen LogP contribution is -2.17. The number of hydrogen-bond donors (Lipinski definition) is 0. The van der Waals surface area contributed by atoms with Crippen LogP contribution in [-0.2, 0) is 16.1 Å². The molecule has 0 fully saturated rings. The maximum Gasteiger partial charge on any atom is 0.129 e. The molecule has 12 heavy (non-hydrogen) atoms. The zero-order valence-electron chi connectivity index (χ0n) is 6.69. The summed E-state index contributed by atoms with van der Waals surface area (Å²) in [5, 5.41) is 0. The summed E-state index contributed by atoms with van der Waals surface area (Å²) in [5.41, 5.74) is 2.26. The molecule has 0 radical (unpaired) electrons. The summed E-state index contributed by atoms with van der Waals surface area (Å²) >= 11 is 0. The SMILES string of the molecule is O=CC1COCc2ccccc21. The Balaban J connectivity index is 2.43. The lowest BCUT2D eigenvalue weighted by Gasteiger charge is -2.20. The Morgan fingerprint density at radius 1 is 1.42 bits per heavy atom. The van der Waals surface area contributed by atoms with E-state index in [1.165, 1.54) is 0 Å². The number of aldehydes is 1. The molecule has 1 atom stereocenters. The van der Waals surface area contributed by atoms with Crippen LogP contribution in [0.4, 0.5) is 0 Å². The van der Waals surface area contributed by atoms with Crippen molar-refractivity contribution in [3.63, 3.8) is 0 Å². The van der Waals surface area contributed by atoms with E-state index in [1.54, 1.807) is 0 Å². The second-order valence-corrected chi connectivity index (χ2v) is 2.96. The fraction of sp³-hybridized carbons (Fsp3) is 0.300. The molecule has 1 aromatic carbocycles. The molecule has 62 valence electrons. The summed E-state index contributed by atoms with van der Waals surface area (Å²) in [4.78, 5) is 10.6. The minimum absolute atomic E-state index is 0.0602. The van der Waals surface area contributed by atoms with E-state index in [-0.39, 0.29) is 5.92 Å². The van der Waals surface area contributed by atoms with Gasteiger partial charge in [0.05, 0.1) is 19.1 Å². The van der Waals surface area contributed by atoms with Gasteiger partial charge in [0.15, 0.2) is 0 Å². The maximum atomic E-state index is 10.6. The van der Waals surface area contributed by atoms with Crippen molar-refractivity contribution in [1.29, 1.82) is 0 Å². The molecule has 0 saturated heterocycles. The van der Waals surface area contributed by atoms with Gasteiger partial charge in [-0.3, -0.25) is 0 Å². The second kappa shape index (κ2) is 3.07. The van der Waals surface area contributed by atoms with Gasteiger partial charge in [0.2, 0.25) is 0 Å². The monoisotopic (exact) mass is 162 g/mol. The number of carbonyl (C=O) groups is 1. The number of benzene rings is 1. The molecule has 1 aliphatic heterocycles. The minimum atomic E-state index is -0.0602. The van der Waals surface area contributed by atoms with E-state index in [0.717, 1.165) is 17.4 Å². The zero-order chi connectivity index (χ0) is 8.39. The van der Waals surface area contributed by atoms with Crippen molar-refractivity contribution in [2.24, 2.45) is 0 Å². The molecule has 0 spiro atoms. The Labute approximate surface area is 71.2 Å². The summed E-state index contributed by atoms with van der Waals surface area (Å²) in [6, 6.07) is 7.93. The molecule has 1 aromatic rings. The predicted octanol–water partition coefficient (Wildman–Crippen LogP) is 1.50. The van der Waals surface area contributed by atoms with Crippen LogP contribution < -0.4 is 0 Å². The third-order valence-electron chi connectivity index (χ3n) is 2.17. The molecule has 0 saturated carbocycles. The molecule has 1 unspecified atom stereocenters. The average Bonchev–Trinajstić information content (AvgIpc) is 2.17. The first-order valence-electron chi connectivity index (χ1n) is 4.02. The van der Waals surface area contributed by atoms with Crippen LogP contribution in [0.5, 0.6) is 0 Å². The molecular weight excluding hydrogens is 152 g/mol. The molecule has 0 aliphatic carbocycles. The van der Waals surface area contributed by atoms with Gasteiger partial charge in [-0.1, -0.05) is 24.3 Å². The number of carbonyl (C=O) groups excluding carboxylic acids is 1. The largest absolute Gasteiger partial charge is 0.376 e. The van der Waals surface area contributed by atoms with Crippen LogP contribution in [0, 0.1) is 0 Å². The first-order valence-corrected chi connectivity index (χ1v) is 4.02. The first-order chi connectivity index (χ1) is 5.92. The quantitative estimate of drug-likeness (QED) is 0.585. The second-order valence-electron chi connectivity index (χ2n) is 2.96. The van der Waals surface area contributed by atoms with Gasteiger partial charge in [0, 0.05) is 0 Å². The van der Waals surface area contributed by atoms with E-state index in [1.807, 2.05) is 24.3 Å². The van der Waals surface area contributed by atoms with Gasteiger partial charge in [0.1, 0.15) is 6.29 Å². The lowest BCUT2D eigenvalue weighted by atomic mass is 9.94.